The molecule has 0 unspecified atom stereocenters. The highest BCUT2D eigenvalue weighted by molar-refractivity contribution is 6.10. The van der Waals surface area contributed by atoms with Gasteiger partial charge in [0.1, 0.15) is 0 Å². The number of benzene rings is 9. The van der Waals surface area contributed by atoms with Gasteiger partial charge < -0.3 is 4.57 Å². The van der Waals surface area contributed by atoms with Crippen LogP contribution in [0.5, 0.6) is 0 Å². The monoisotopic (exact) mass is 859 g/mol. The predicted octanol–water partition coefficient (Wildman–Crippen LogP) is 17.5. The average molecular weight is 860 g/mol. The van der Waals surface area contributed by atoms with Crippen LogP contribution in [0, 0.1) is 6.92 Å². The van der Waals surface area contributed by atoms with E-state index in [1.807, 2.05) is 0 Å². The van der Waals surface area contributed by atoms with E-state index >= 15 is 0 Å². The molecule has 0 spiro atoms. The van der Waals surface area contributed by atoms with Crippen LogP contribution in [0.4, 0.5) is 0 Å². The molecule has 9 aromatic carbocycles. The molecule has 322 valence electrons. The summed E-state index contributed by atoms with van der Waals surface area (Å²) in [5.41, 5.74) is 28.8. The quantitative estimate of drug-likeness (QED) is 0.152. The van der Waals surface area contributed by atoms with E-state index in [9.17, 15) is 0 Å². The third-order valence-corrected chi connectivity index (χ3v) is 16.1. The van der Waals surface area contributed by atoms with Crippen molar-refractivity contribution in [3.05, 3.63) is 232 Å². The van der Waals surface area contributed by atoms with Gasteiger partial charge in [0.05, 0.1) is 11.0 Å². The Labute approximate surface area is 394 Å². The van der Waals surface area contributed by atoms with Crippen LogP contribution in [-0.2, 0) is 16.2 Å². The second kappa shape index (κ2) is 14.0. The highest BCUT2D eigenvalue weighted by atomic mass is 15.0. The molecule has 67 heavy (non-hydrogen) atoms. The van der Waals surface area contributed by atoms with Crippen LogP contribution in [0.1, 0.15) is 91.6 Å². The van der Waals surface area contributed by atoms with Gasteiger partial charge in [0.25, 0.3) is 0 Å². The van der Waals surface area contributed by atoms with Crippen LogP contribution in [0.15, 0.2) is 182 Å². The Kier molecular flexibility index (Phi) is 8.34. The van der Waals surface area contributed by atoms with Crippen molar-refractivity contribution < 1.29 is 0 Å². The zero-order valence-electron chi connectivity index (χ0n) is 39.4. The number of nitrogens with zero attached hydrogens (tertiary/aromatic N) is 1. The highest BCUT2D eigenvalue weighted by Crippen LogP contribution is 2.53. The Morgan fingerprint density at radius 3 is 1.43 bits per heavy atom. The van der Waals surface area contributed by atoms with Crippen LogP contribution in [-0.4, -0.2) is 4.57 Å². The third kappa shape index (κ3) is 5.80. The van der Waals surface area contributed by atoms with Gasteiger partial charge in [0, 0.05) is 32.7 Å². The molecule has 0 amide bonds. The molecule has 0 N–H and O–H groups in total. The zero-order valence-corrected chi connectivity index (χ0v) is 39.4. The van der Waals surface area contributed by atoms with Gasteiger partial charge in [-0.1, -0.05) is 193 Å². The Morgan fingerprint density at radius 2 is 0.776 bits per heavy atom. The van der Waals surface area contributed by atoms with Crippen molar-refractivity contribution >= 4 is 34.0 Å². The molecule has 0 bridgehead atoms. The predicted molar refractivity (Wildman–Crippen MR) is 284 cm³/mol. The minimum Gasteiger partial charge on any atom is -0.309 e. The molecule has 0 saturated heterocycles. The van der Waals surface area contributed by atoms with E-state index < -0.39 is 0 Å². The van der Waals surface area contributed by atoms with Crippen molar-refractivity contribution in [3.63, 3.8) is 0 Å². The zero-order chi connectivity index (χ0) is 45.6. The van der Waals surface area contributed by atoms with Crippen molar-refractivity contribution in [2.75, 3.05) is 0 Å². The second-order valence-corrected chi connectivity index (χ2v) is 21.1. The summed E-state index contributed by atoms with van der Waals surface area (Å²) in [6.07, 6.45) is 4.49. The summed E-state index contributed by atoms with van der Waals surface area (Å²) < 4.78 is 2.45. The lowest BCUT2D eigenvalue weighted by Gasteiger charge is -2.23. The lowest BCUT2D eigenvalue weighted by molar-refractivity contribution is 0.659. The van der Waals surface area contributed by atoms with Gasteiger partial charge in [-0.25, -0.2) is 0 Å². The first-order chi connectivity index (χ1) is 32.4. The number of aryl methyl sites for hydroxylation is 1. The molecule has 1 heteroatoms. The van der Waals surface area contributed by atoms with E-state index in [2.05, 4.69) is 247 Å². The number of aromatic nitrogens is 1. The molecule has 10 aromatic rings. The minimum atomic E-state index is -0.124. The topological polar surface area (TPSA) is 4.93 Å². The maximum absolute atomic E-state index is 2.46. The largest absolute Gasteiger partial charge is 0.309 e. The maximum Gasteiger partial charge on any atom is 0.0541 e. The van der Waals surface area contributed by atoms with Crippen molar-refractivity contribution in [1.29, 1.82) is 0 Å². The Morgan fingerprint density at radius 1 is 0.328 bits per heavy atom. The van der Waals surface area contributed by atoms with Crippen molar-refractivity contribution in [3.8, 4) is 61.3 Å². The lowest BCUT2D eigenvalue weighted by atomic mass is 9.80. The standard InChI is InChI=1S/C66H53N/c1-40-16-28-49-50-30-25-45(37-59(50)65(4,5)57(49)34-40)46-26-31-52-51-29-24-44(36-58(51)66(6,7)60(52)38-46)43-22-19-41(20-23-43)17-18-42-21-33-63-55(35-42)54-13-9-11-15-62(54)67(63)47-27-32-53-48-12-8-10-14-56(48)64(2,3)61(53)39-47/h8-39H,1-7H3. The first-order valence-electron chi connectivity index (χ1n) is 24.0. The molecule has 0 atom stereocenters. The van der Waals surface area contributed by atoms with E-state index in [-0.39, 0.29) is 16.2 Å². The Bertz CT molecular complexity index is 3770. The average Bonchev–Trinajstić information content (AvgIpc) is 3.96. The molecule has 0 radical (unpaired) electrons. The number of fused-ring (bicyclic) bond motifs is 12. The van der Waals surface area contributed by atoms with Gasteiger partial charge in [-0.3, -0.25) is 0 Å². The Balaban J connectivity index is 0.766. The van der Waals surface area contributed by atoms with E-state index in [1.54, 1.807) is 0 Å². The first kappa shape index (κ1) is 39.8. The van der Waals surface area contributed by atoms with E-state index in [1.165, 1.54) is 133 Å². The van der Waals surface area contributed by atoms with Gasteiger partial charge >= 0.3 is 0 Å². The fourth-order valence-electron chi connectivity index (χ4n) is 12.3. The molecule has 0 saturated carbocycles. The second-order valence-electron chi connectivity index (χ2n) is 21.1. The summed E-state index contributed by atoms with van der Waals surface area (Å²) in [5, 5.41) is 2.54. The van der Waals surface area contributed by atoms with Crippen LogP contribution in [0.3, 0.4) is 0 Å². The SMILES string of the molecule is Cc1ccc2c(c1)C(C)(C)c1cc(-c3ccc4c(c3)C(C)(C)c3cc(-c5ccc(C=Cc6ccc7c(c6)c6ccccc6n7-c6ccc7c(c6)C(C)(C)c6ccccc6-7)cc5)ccc3-4)ccc1-2. The van der Waals surface area contributed by atoms with Gasteiger partial charge in [0.2, 0.25) is 0 Å². The van der Waals surface area contributed by atoms with Gasteiger partial charge in [-0.05, 0) is 156 Å². The van der Waals surface area contributed by atoms with Gasteiger partial charge in [0.15, 0.2) is 0 Å². The summed E-state index contributed by atoms with van der Waals surface area (Å²) in [7, 11) is 0. The molecular formula is C66H53N. The molecule has 13 rings (SSSR count). The molecule has 0 fully saturated rings. The van der Waals surface area contributed by atoms with E-state index in [0.29, 0.717) is 0 Å². The first-order valence-corrected chi connectivity index (χ1v) is 24.0. The number of rotatable bonds is 5. The summed E-state index contributed by atoms with van der Waals surface area (Å²) in [6.45, 7) is 16.5. The summed E-state index contributed by atoms with van der Waals surface area (Å²) in [6, 6.07) is 69.0. The number of hydrogen-bond donors (Lipinski definition) is 0. The van der Waals surface area contributed by atoms with Crippen LogP contribution >= 0.6 is 0 Å². The molecule has 0 aliphatic heterocycles. The summed E-state index contributed by atoms with van der Waals surface area (Å²) in [4.78, 5) is 0. The molecule has 1 nitrogen and oxygen atoms in total. The normalized spacial score (nSPS) is 15.4. The Hall–Kier alpha value is -7.48. The van der Waals surface area contributed by atoms with Crippen LogP contribution < -0.4 is 0 Å². The minimum absolute atomic E-state index is 0.0284. The van der Waals surface area contributed by atoms with Crippen molar-refractivity contribution in [2.45, 2.75) is 64.7 Å². The van der Waals surface area contributed by atoms with E-state index in [0.717, 1.165) is 0 Å². The molecular weight excluding hydrogens is 807 g/mol. The summed E-state index contributed by atoms with van der Waals surface area (Å²) in [5.74, 6) is 0. The van der Waals surface area contributed by atoms with Crippen molar-refractivity contribution in [1.82, 2.24) is 4.57 Å². The fraction of sp³-hybridized carbons (Fsp3) is 0.152. The highest BCUT2D eigenvalue weighted by Gasteiger charge is 2.38. The number of para-hydroxylation sites is 1. The van der Waals surface area contributed by atoms with Crippen LogP contribution in [0.2, 0.25) is 0 Å². The smallest absolute Gasteiger partial charge is 0.0541 e. The van der Waals surface area contributed by atoms with Gasteiger partial charge in [-0.15, -0.1) is 0 Å². The molecule has 1 aromatic heterocycles. The third-order valence-electron chi connectivity index (χ3n) is 16.1. The lowest BCUT2D eigenvalue weighted by Crippen LogP contribution is -2.15. The van der Waals surface area contributed by atoms with Gasteiger partial charge in [-0.2, -0.15) is 0 Å². The van der Waals surface area contributed by atoms with E-state index in [4.69, 9.17) is 0 Å². The molecule has 1 heterocycles. The summed E-state index contributed by atoms with van der Waals surface area (Å²) >= 11 is 0. The fourth-order valence-corrected chi connectivity index (χ4v) is 12.3. The van der Waals surface area contributed by atoms with Crippen molar-refractivity contribution in [2.24, 2.45) is 0 Å². The number of hydrogen-bond acceptors (Lipinski definition) is 0. The van der Waals surface area contributed by atoms with Crippen LogP contribution in [0.25, 0.3) is 95.3 Å². The molecule has 3 aliphatic rings. The molecule has 3 aliphatic carbocycles. The maximum atomic E-state index is 2.46.